The zero-order valence-corrected chi connectivity index (χ0v) is 11.8. The minimum Gasteiger partial charge on any atom is -0.484 e. The van der Waals surface area contributed by atoms with E-state index in [2.05, 4.69) is 0 Å². The molecule has 0 aliphatic carbocycles. The molecule has 0 saturated carbocycles. The van der Waals surface area contributed by atoms with Crippen molar-refractivity contribution in [3.63, 3.8) is 0 Å². The molecule has 1 aliphatic heterocycles. The van der Waals surface area contributed by atoms with Crippen LogP contribution < -0.4 is 9.64 Å². The van der Waals surface area contributed by atoms with E-state index in [1.807, 2.05) is 20.8 Å². The van der Waals surface area contributed by atoms with E-state index in [9.17, 15) is 9.59 Å². The first kappa shape index (κ1) is 13.6. The number of anilines is 1. The highest BCUT2D eigenvalue weighted by atomic mass is 16.5. The second kappa shape index (κ2) is 4.68. The molecule has 2 rings (SSSR count). The monoisotopic (exact) mass is 261 g/mol. The lowest BCUT2D eigenvalue weighted by molar-refractivity contribution is -0.119. The Morgan fingerprint density at radius 3 is 2.63 bits per heavy atom. The summed E-state index contributed by atoms with van der Waals surface area (Å²) in [6.07, 6.45) is 0.430. The maximum absolute atomic E-state index is 12.1. The van der Waals surface area contributed by atoms with Crippen LogP contribution in [0.1, 0.15) is 44.5 Å². The number of Topliss-reactive ketones (excluding diaryl/α,β-unsaturated/α-hetero) is 1. The summed E-state index contributed by atoms with van der Waals surface area (Å²) in [5, 5.41) is 0. The molecule has 0 N–H and O–H groups in total. The van der Waals surface area contributed by atoms with E-state index in [0.717, 1.165) is 0 Å². The van der Waals surface area contributed by atoms with Crippen molar-refractivity contribution in [1.82, 2.24) is 0 Å². The molecule has 0 saturated heterocycles. The molecule has 0 unspecified atom stereocenters. The summed E-state index contributed by atoms with van der Waals surface area (Å²) < 4.78 is 5.87. The molecule has 0 spiro atoms. The number of fused-ring (bicyclic) bond motifs is 1. The lowest BCUT2D eigenvalue weighted by Crippen LogP contribution is -2.49. The number of nitrogens with zero attached hydrogens (tertiary/aromatic N) is 1. The summed E-state index contributed by atoms with van der Waals surface area (Å²) in [7, 11) is 0. The minimum absolute atomic E-state index is 0.0171. The number of rotatable bonds is 2. The van der Waals surface area contributed by atoms with E-state index >= 15 is 0 Å². The molecule has 102 valence electrons. The molecule has 1 amide bonds. The standard InChI is InChI=1S/C15H19NO3/c1-5-14(18)16-9-15(3,4)19-13-7-6-11(10(2)17)8-12(13)16/h6-8H,5,9H2,1-4H3. The van der Waals surface area contributed by atoms with Crippen LogP contribution in [0.4, 0.5) is 5.69 Å². The second-order valence-corrected chi connectivity index (χ2v) is 5.43. The van der Waals surface area contributed by atoms with Crippen LogP contribution in [0.25, 0.3) is 0 Å². The van der Waals surface area contributed by atoms with Crippen LogP contribution in [0, 0.1) is 0 Å². The Kier molecular flexibility index (Phi) is 3.35. The summed E-state index contributed by atoms with van der Waals surface area (Å²) in [5.41, 5.74) is 0.866. The number of hydrogen-bond acceptors (Lipinski definition) is 3. The van der Waals surface area contributed by atoms with E-state index < -0.39 is 5.60 Å². The summed E-state index contributed by atoms with van der Waals surface area (Å²) in [5.74, 6) is 0.679. The van der Waals surface area contributed by atoms with Gasteiger partial charge < -0.3 is 9.64 Å². The second-order valence-electron chi connectivity index (χ2n) is 5.43. The van der Waals surface area contributed by atoms with Crippen LogP contribution in [0.15, 0.2) is 18.2 Å². The van der Waals surface area contributed by atoms with Gasteiger partial charge in [0.2, 0.25) is 5.91 Å². The Bertz CT molecular complexity index is 534. The van der Waals surface area contributed by atoms with Crippen molar-refractivity contribution in [3.05, 3.63) is 23.8 Å². The molecule has 1 heterocycles. The number of carbonyl (C=O) groups is 2. The zero-order chi connectivity index (χ0) is 14.2. The van der Waals surface area contributed by atoms with E-state index in [1.54, 1.807) is 23.1 Å². The van der Waals surface area contributed by atoms with Gasteiger partial charge >= 0.3 is 0 Å². The summed E-state index contributed by atoms with van der Waals surface area (Å²) >= 11 is 0. The minimum atomic E-state index is -0.421. The fourth-order valence-electron chi connectivity index (χ4n) is 2.24. The largest absolute Gasteiger partial charge is 0.484 e. The van der Waals surface area contributed by atoms with E-state index in [0.29, 0.717) is 30.0 Å². The molecular weight excluding hydrogens is 242 g/mol. The maximum atomic E-state index is 12.1. The highest BCUT2D eigenvalue weighted by Gasteiger charge is 2.34. The molecule has 0 atom stereocenters. The smallest absolute Gasteiger partial charge is 0.226 e. The normalized spacial score (nSPS) is 16.5. The SMILES string of the molecule is CCC(=O)N1CC(C)(C)Oc2ccc(C(C)=O)cc21. The lowest BCUT2D eigenvalue weighted by Gasteiger charge is -2.39. The van der Waals surface area contributed by atoms with Gasteiger partial charge in [0.25, 0.3) is 0 Å². The van der Waals surface area contributed by atoms with Crippen molar-refractivity contribution in [2.45, 2.75) is 39.7 Å². The summed E-state index contributed by atoms with van der Waals surface area (Å²) in [6, 6.07) is 5.24. The molecule has 1 aliphatic rings. The third-order valence-electron chi connectivity index (χ3n) is 3.18. The Morgan fingerprint density at radius 1 is 1.37 bits per heavy atom. The van der Waals surface area contributed by atoms with Gasteiger partial charge in [-0.2, -0.15) is 0 Å². The third kappa shape index (κ3) is 2.62. The average molecular weight is 261 g/mol. The first-order valence-corrected chi connectivity index (χ1v) is 6.48. The van der Waals surface area contributed by atoms with Crippen molar-refractivity contribution < 1.29 is 14.3 Å². The van der Waals surface area contributed by atoms with Crippen LogP contribution in [0.3, 0.4) is 0 Å². The molecule has 1 aromatic rings. The van der Waals surface area contributed by atoms with E-state index in [4.69, 9.17) is 4.74 Å². The lowest BCUT2D eigenvalue weighted by atomic mass is 10.0. The van der Waals surface area contributed by atoms with E-state index in [1.165, 1.54) is 6.92 Å². The van der Waals surface area contributed by atoms with Crippen molar-refractivity contribution in [2.75, 3.05) is 11.4 Å². The maximum Gasteiger partial charge on any atom is 0.226 e. The first-order valence-electron chi connectivity index (χ1n) is 6.48. The van der Waals surface area contributed by atoms with Crippen molar-refractivity contribution in [3.8, 4) is 5.75 Å². The molecular formula is C15H19NO3. The van der Waals surface area contributed by atoms with Crippen molar-refractivity contribution in [2.24, 2.45) is 0 Å². The van der Waals surface area contributed by atoms with Gasteiger partial charge in [0, 0.05) is 12.0 Å². The highest BCUT2D eigenvalue weighted by Crippen LogP contribution is 2.38. The molecule has 19 heavy (non-hydrogen) atoms. The Labute approximate surface area is 113 Å². The molecule has 1 aromatic carbocycles. The number of carbonyl (C=O) groups excluding carboxylic acids is 2. The third-order valence-corrected chi connectivity index (χ3v) is 3.18. The van der Waals surface area contributed by atoms with Crippen LogP contribution >= 0.6 is 0 Å². The van der Waals surface area contributed by atoms with Crippen molar-refractivity contribution in [1.29, 1.82) is 0 Å². The fraction of sp³-hybridized carbons (Fsp3) is 0.467. The van der Waals surface area contributed by atoms with Gasteiger partial charge in [0.05, 0.1) is 12.2 Å². The van der Waals surface area contributed by atoms with Crippen LogP contribution in [-0.4, -0.2) is 23.8 Å². The van der Waals surface area contributed by atoms with Gasteiger partial charge in [-0.15, -0.1) is 0 Å². The van der Waals surface area contributed by atoms with Crippen LogP contribution in [-0.2, 0) is 4.79 Å². The van der Waals surface area contributed by atoms with Crippen molar-refractivity contribution >= 4 is 17.4 Å². The molecule has 0 radical (unpaired) electrons. The number of ether oxygens (including phenoxy) is 1. The number of amides is 1. The molecule has 4 heteroatoms. The number of benzene rings is 1. The summed E-state index contributed by atoms with van der Waals surface area (Å²) in [4.78, 5) is 25.3. The molecule has 0 bridgehead atoms. The average Bonchev–Trinajstić information content (AvgIpc) is 2.35. The van der Waals surface area contributed by atoms with Gasteiger partial charge in [-0.05, 0) is 39.0 Å². The Morgan fingerprint density at radius 2 is 2.05 bits per heavy atom. The van der Waals surface area contributed by atoms with Gasteiger partial charge in [0.15, 0.2) is 5.78 Å². The Hall–Kier alpha value is -1.84. The molecule has 0 aromatic heterocycles. The Balaban J connectivity index is 2.51. The topological polar surface area (TPSA) is 46.6 Å². The zero-order valence-electron chi connectivity index (χ0n) is 11.8. The molecule has 0 fully saturated rings. The van der Waals surface area contributed by atoms with Gasteiger partial charge in [0.1, 0.15) is 11.4 Å². The quantitative estimate of drug-likeness (QED) is 0.769. The van der Waals surface area contributed by atoms with Gasteiger partial charge in [-0.25, -0.2) is 0 Å². The van der Waals surface area contributed by atoms with Gasteiger partial charge in [-0.3, -0.25) is 9.59 Å². The predicted molar refractivity (Wildman–Crippen MR) is 73.8 cm³/mol. The van der Waals surface area contributed by atoms with Gasteiger partial charge in [-0.1, -0.05) is 6.92 Å². The number of hydrogen-bond donors (Lipinski definition) is 0. The van der Waals surface area contributed by atoms with Crippen LogP contribution in [0.5, 0.6) is 5.75 Å². The fourth-order valence-corrected chi connectivity index (χ4v) is 2.24. The van der Waals surface area contributed by atoms with E-state index in [-0.39, 0.29) is 11.7 Å². The highest BCUT2D eigenvalue weighted by molar-refractivity contribution is 5.99. The first-order chi connectivity index (χ1) is 8.84. The van der Waals surface area contributed by atoms with Crippen LogP contribution in [0.2, 0.25) is 0 Å². The number of ketones is 1. The summed E-state index contributed by atoms with van der Waals surface area (Å²) in [6.45, 7) is 7.74. The predicted octanol–water partition coefficient (Wildman–Crippen LogP) is 2.80. The molecule has 4 nitrogen and oxygen atoms in total.